The predicted octanol–water partition coefficient (Wildman–Crippen LogP) is 3.91. The molecule has 0 unspecified atom stereocenters. The summed E-state index contributed by atoms with van der Waals surface area (Å²) >= 11 is 0. The van der Waals surface area contributed by atoms with Crippen LogP contribution in [0, 0.1) is 10.1 Å². The molecule has 0 aliphatic carbocycles. The molecule has 122 valence electrons. The maximum atomic E-state index is 11.6. The average Bonchev–Trinajstić information content (AvgIpc) is 2.50. The molecular weight excluding hydrogens is 284 g/mol. The van der Waals surface area contributed by atoms with E-state index >= 15 is 0 Å². The summed E-state index contributed by atoms with van der Waals surface area (Å²) in [5.74, 6) is -0.250. The number of non-ortho nitro benzene ring substituents is 1. The highest BCUT2D eigenvalue weighted by atomic mass is 16.6. The molecule has 6 heteroatoms. The Balaban J connectivity index is 2.12. The van der Waals surface area contributed by atoms with Gasteiger partial charge >= 0.3 is 0 Å². The largest absolute Gasteiger partial charge is 0.372 e. The average molecular weight is 308 g/mol. The number of amides is 1. The Morgan fingerprint density at radius 3 is 2.41 bits per heavy atom. The Bertz CT molecular complexity index is 460. The van der Waals surface area contributed by atoms with Crippen molar-refractivity contribution in [1.82, 2.24) is 0 Å². The van der Waals surface area contributed by atoms with E-state index in [2.05, 4.69) is 12.2 Å². The number of nitro groups is 1. The number of nitro benzene ring substituents is 1. The van der Waals surface area contributed by atoms with Gasteiger partial charge in [0.05, 0.1) is 4.92 Å². The zero-order valence-electron chi connectivity index (χ0n) is 13.0. The topological polar surface area (TPSA) is 81.5 Å². The van der Waals surface area contributed by atoms with Crippen LogP contribution < -0.4 is 5.32 Å². The lowest BCUT2D eigenvalue weighted by Gasteiger charge is -2.06. The van der Waals surface area contributed by atoms with Gasteiger partial charge in [-0.05, 0) is 18.6 Å². The monoisotopic (exact) mass is 308 g/mol. The molecule has 0 spiro atoms. The van der Waals surface area contributed by atoms with Gasteiger partial charge in [-0.15, -0.1) is 0 Å². The standard InChI is InChI=1S/C16H24N2O4/c1-2-3-4-5-6-7-12-22-13-16(19)17-14-8-10-15(11-9-14)18(20)21/h8-11H,2-7,12-13H2,1H3,(H,17,19). The SMILES string of the molecule is CCCCCCCCOCC(=O)Nc1ccc([N+](=O)[O-])cc1. The van der Waals surface area contributed by atoms with Crippen LogP contribution in [-0.4, -0.2) is 24.0 Å². The van der Waals surface area contributed by atoms with Crippen LogP contribution in [0.3, 0.4) is 0 Å². The number of anilines is 1. The van der Waals surface area contributed by atoms with Gasteiger partial charge < -0.3 is 10.1 Å². The second-order valence-corrected chi connectivity index (χ2v) is 5.17. The Hall–Kier alpha value is -1.95. The maximum absolute atomic E-state index is 11.6. The molecule has 0 aliphatic heterocycles. The van der Waals surface area contributed by atoms with Crippen LogP contribution in [0.1, 0.15) is 45.4 Å². The number of hydrogen-bond acceptors (Lipinski definition) is 4. The highest BCUT2D eigenvalue weighted by molar-refractivity contribution is 5.91. The molecule has 0 aliphatic rings. The van der Waals surface area contributed by atoms with E-state index in [9.17, 15) is 14.9 Å². The van der Waals surface area contributed by atoms with Gasteiger partial charge in [-0.1, -0.05) is 39.0 Å². The highest BCUT2D eigenvalue weighted by Gasteiger charge is 2.06. The van der Waals surface area contributed by atoms with Crippen molar-refractivity contribution in [2.75, 3.05) is 18.5 Å². The maximum Gasteiger partial charge on any atom is 0.269 e. The van der Waals surface area contributed by atoms with Gasteiger partial charge in [0.15, 0.2) is 0 Å². The lowest BCUT2D eigenvalue weighted by atomic mass is 10.1. The van der Waals surface area contributed by atoms with E-state index in [1.165, 1.54) is 49.9 Å². The lowest BCUT2D eigenvalue weighted by Crippen LogP contribution is -2.18. The molecule has 1 aromatic rings. The minimum atomic E-state index is -0.477. The zero-order valence-corrected chi connectivity index (χ0v) is 13.0. The number of carbonyl (C=O) groups excluding carboxylic acids is 1. The summed E-state index contributed by atoms with van der Waals surface area (Å²) in [5.41, 5.74) is 0.524. The molecule has 1 rings (SSSR count). The van der Waals surface area contributed by atoms with Gasteiger partial charge in [-0.3, -0.25) is 14.9 Å². The second kappa shape index (κ2) is 10.7. The molecule has 6 nitrogen and oxygen atoms in total. The summed E-state index contributed by atoms with van der Waals surface area (Å²) in [7, 11) is 0. The molecule has 1 aromatic carbocycles. The van der Waals surface area contributed by atoms with E-state index in [1.807, 2.05) is 0 Å². The van der Waals surface area contributed by atoms with E-state index in [0.717, 1.165) is 12.8 Å². The van der Waals surface area contributed by atoms with E-state index in [1.54, 1.807) is 0 Å². The summed E-state index contributed by atoms with van der Waals surface area (Å²) < 4.78 is 5.32. The Labute approximate surface area is 131 Å². The first kappa shape index (κ1) is 18.1. The normalized spacial score (nSPS) is 10.4. The number of unbranched alkanes of at least 4 members (excludes halogenated alkanes) is 5. The quantitative estimate of drug-likeness (QED) is 0.382. The molecule has 1 N–H and O–H groups in total. The molecule has 0 saturated carbocycles. The summed E-state index contributed by atoms with van der Waals surface area (Å²) in [6.45, 7) is 2.78. The van der Waals surface area contributed by atoms with Crippen molar-refractivity contribution in [2.45, 2.75) is 45.4 Å². The smallest absolute Gasteiger partial charge is 0.269 e. The fourth-order valence-electron chi connectivity index (χ4n) is 2.01. The number of rotatable bonds is 11. The first-order chi connectivity index (χ1) is 10.6. The number of carbonyl (C=O) groups is 1. The second-order valence-electron chi connectivity index (χ2n) is 5.17. The molecule has 0 saturated heterocycles. The van der Waals surface area contributed by atoms with Crippen LogP contribution in [0.2, 0.25) is 0 Å². The molecule has 0 aromatic heterocycles. The van der Waals surface area contributed by atoms with Crippen molar-refractivity contribution in [3.05, 3.63) is 34.4 Å². The van der Waals surface area contributed by atoms with Crippen molar-refractivity contribution in [3.63, 3.8) is 0 Å². The molecule has 0 heterocycles. The van der Waals surface area contributed by atoms with Crippen molar-refractivity contribution in [1.29, 1.82) is 0 Å². The van der Waals surface area contributed by atoms with Gasteiger partial charge in [0.25, 0.3) is 5.69 Å². The van der Waals surface area contributed by atoms with Gasteiger partial charge in [0.1, 0.15) is 6.61 Å². The fraction of sp³-hybridized carbons (Fsp3) is 0.562. The Morgan fingerprint density at radius 1 is 1.14 bits per heavy atom. The molecule has 22 heavy (non-hydrogen) atoms. The molecule has 0 bridgehead atoms. The predicted molar refractivity (Wildman–Crippen MR) is 85.9 cm³/mol. The van der Waals surface area contributed by atoms with Crippen LogP contribution in [-0.2, 0) is 9.53 Å². The molecule has 0 atom stereocenters. The van der Waals surface area contributed by atoms with Crippen LogP contribution in [0.5, 0.6) is 0 Å². The van der Waals surface area contributed by atoms with E-state index in [0.29, 0.717) is 12.3 Å². The first-order valence-electron chi connectivity index (χ1n) is 7.75. The van der Waals surface area contributed by atoms with E-state index < -0.39 is 4.92 Å². The van der Waals surface area contributed by atoms with Crippen molar-refractivity contribution < 1.29 is 14.5 Å². The third-order valence-corrected chi connectivity index (χ3v) is 3.24. The fourth-order valence-corrected chi connectivity index (χ4v) is 2.01. The molecule has 0 radical (unpaired) electrons. The third kappa shape index (κ3) is 7.73. The highest BCUT2D eigenvalue weighted by Crippen LogP contribution is 2.15. The van der Waals surface area contributed by atoms with E-state index in [4.69, 9.17) is 4.74 Å². The summed E-state index contributed by atoms with van der Waals surface area (Å²) in [6, 6.07) is 5.72. The molecule has 0 fully saturated rings. The first-order valence-corrected chi connectivity index (χ1v) is 7.75. The van der Waals surface area contributed by atoms with Crippen molar-refractivity contribution in [3.8, 4) is 0 Å². The van der Waals surface area contributed by atoms with Gasteiger partial charge in [0, 0.05) is 24.4 Å². The summed E-state index contributed by atoms with van der Waals surface area (Å²) in [6.07, 6.45) is 7.08. The molecule has 1 amide bonds. The van der Waals surface area contributed by atoms with Crippen LogP contribution in [0.25, 0.3) is 0 Å². The number of nitrogens with zero attached hydrogens (tertiary/aromatic N) is 1. The Kier molecular flexibility index (Phi) is 8.83. The van der Waals surface area contributed by atoms with Crippen LogP contribution in [0.15, 0.2) is 24.3 Å². The number of hydrogen-bond donors (Lipinski definition) is 1. The lowest BCUT2D eigenvalue weighted by molar-refractivity contribution is -0.384. The van der Waals surface area contributed by atoms with Gasteiger partial charge in [-0.2, -0.15) is 0 Å². The van der Waals surface area contributed by atoms with Crippen LogP contribution >= 0.6 is 0 Å². The number of ether oxygens (including phenoxy) is 1. The van der Waals surface area contributed by atoms with Gasteiger partial charge in [-0.25, -0.2) is 0 Å². The molecular formula is C16H24N2O4. The zero-order chi connectivity index (χ0) is 16.2. The summed E-state index contributed by atoms with van der Waals surface area (Å²) in [4.78, 5) is 21.7. The minimum absolute atomic E-state index is 0.00248. The number of benzene rings is 1. The van der Waals surface area contributed by atoms with Crippen molar-refractivity contribution in [2.24, 2.45) is 0 Å². The third-order valence-electron chi connectivity index (χ3n) is 3.24. The van der Waals surface area contributed by atoms with E-state index in [-0.39, 0.29) is 18.2 Å². The minimum Gasteiger partial charge on any atom is -0.372 e. The van der Waals surface area contributed by atoms with Crippen LogP contribution in [0.4, 0.5) is 11.4 Å². The summed E-state index contributed by atoms with van der Waals surface area (Å²) in [5, 5.41) is 13.2. The number of nitrogens with one attached hydrogen (secondary N) is 1. The van der Waals surface area contributed by atoms with Crippen molar-refractivity contribution >= 4 is 17.3 Å². The Morgan fingerprint density at radius 2 is 1.77 bits per heavy atom. The van der Waals surface area contributed by atoms with Gasteiger partial charge in [0.2, 0.25) is 5.91 Å².